The average molecular weight is 371 g/mol. The summed E-state index contributed by atoms with van der Waals surface area (Å²) in [5.74, 6) is 0.669. The SMILES string of the molecule is CN(Cc1nc2c(cnn2C)c(=O)[nH]1)CC1CNNC1c1ccc(F)cc1. The molecule has 3 aromatic rings. The van der Waals surface area contributed by atoms with Crippen LogP contribution in [0.2, 0.25) is 0 Å². The Bertz CT molecular complexity index is 997. The number of hydrogen-bond donors (Lipinski definition) is 3. The number of hydrogen-bond acceptors (Lipinski definition) is 6. The highest BCUT2D eigenvalue weighted by Crippen LogP contribution is 2.25. The van der Waals surface area contributed by atoms with Gasteiger partial charge in [0, 0.05) is 26.1 Å². The van der Waals surface area contributed by atoms with E-state index in [1.54, 1.807) is 11.7 Å². The number of hydrazine groups is 1. The van der Waals surface area contributed by atoms with Crippen molar-refractivity contribution in [3.8, 4) is 0 Å². The van der Waals surface area contributed by atoms with E-state index >= 15 is 0 Å². The van der Waals surface area contributed by atoms with Gasteiger partial charge in [-0.2, -0.15) is 5.10 Å². The maximum atomic E-state index is 13.2. The molecule has 1 aliphatic rings. The Morgan fingerprint density at radius 1 is 1.33 bits per heavy atom. The molecule has 1 saturated heterocycles. The smallest absolute Gasteiger partial charge is 0.262 e. The van der Waals surface area contributed by atoms with Crippen molar-refractivity contribution in [2.24, 2.45) is 13.0 Å². The molecular formula is C18H22FN7O. The first-order chi connectivity index (χ1) is 13.0. The molecular weight excluding hydrogens is 349 g/mol. The molecule has 2 aromatic heterocycles. The predicted molar refractivity (Wildman–Crippen MR) is 99.2 cm³/mol. The van der Waals surface area contributed by atoms with Crippen molar-refractivity contribution in [3.05, 3.63) is 58.0 Å². The molecule has 2 atom stereocenters. The van der Waals surface area contributed by atoms with Crippen LogP contribution in [0.25, 0.3) is 11.0 Å². The van der Waals surface area contributed by atoms with Crippen molar-refractivity contribution in [3.63, 3.8) is 0 Å². The standard InChI is InChI=1S/C18H22FN7O/c1-25(10-15-22-17-14(18(27)23-15)8-21-26(17)2)9-12-7-20-24-16(12)11-3-5-13(19)6-4-11/h3-6,8,12,16,20,24H,7,9-10H2,1-2H3,(H,22,23,27). The first kappa shape index (κ1) is 17.8. The van der Waals surface area contributed by atoms with E-state index in [1.807, 2.05) is 19.2 Å². The minimum Gasteiger partial charge on any atom is -0.309 e. The highest BCUT2D eigenvalue weighted by atomic mass is 19.1. The molecule has 0 bridgehead atoms. The Hall–Kier alpha value is -2.62. The minimum atomic E-state index is -0.237. The maximum absolute atomic E-state index is 13.2. The highest BCUT2D eigenvalue weighted by Gasteiger charge is 2.29. The summed E-state index contributed by atoms with van der Waals surface area (Å²) in [5.41, 5.74) is 7.90. The normalized spacial score (nSPS) is 20.0. The fourth-order valence-electron chi connectivity index (χ4n) is 3.60. The molecule has 0 amide bonds. The second kappa shape index (κ2) is 7.18. The summed E-state index contributed by atoms with van der Waals surface area (Å²) in [6.07, 6.45) is 1.53. The van der Waals surface area contributed by atoms with Gasteiger partial charge in [-0.15, -0.1) is 0 Å². The van der Waals surface area contributed by atoms with Crippen molar-refractivity contribution in [1.82, 2.24) is 35.5 Å². The molecule has 3 heterocycles. The van der Waals surface area contributed by atoms with Crippen LogP contribution in [0.3, 0.4) is 0 Å². The Balaban J connectivity index is 1.47. The zero-order chi connectivity index (χ0) is 19.0. The van der Waals surface area contributed by atoms with Crippen LogP contribution in [-0.4, -0.2) is 44.8 Å². The van der Waals surface area contributed by atoms with Gasteiger partial charge in [0.2, 0.25) is 0 Å². The van der Waals surface area contributed by atoms with Crippen molar-refractivity contribution >= 4 is 11.0 Å². The summed E-state index contributed by atoms with van der Waals surface area (Å²) < 4.78 is 14.8. The minimum absolute atomic E-state index is 0.0969. The van der Waals surface area contributed by atoms with Gasteiger partial charge in [-0.1, -0.05) is 12.1 Å². The van der Waals surface area contributed by atoms with E-state index in [1.165, 1.54) is 18.3 Å². The molecule has 4 rings (SSSR count). The quantitative estimate of drug-likeness (QED) is 0.611. The molecule has 9 heteroatoms. The summed E-state index contributed by atoms with van der Waals surface area (Å²) in [4.78, 5) is 21.7. The number of aryl methyl sites for hydroxylation is 1. The van der Waals surface area contributed by atoms with Crippen LogP contribution in [0.15, 0.2) is 35.3 Å². The topological polar surface area (TPSA) is 90.9 Å². The number of nitrogens with one attached hydrogen (secondary N) is 3. The van der Waals surface area contributed by atoms with Crippen molar-refractivity contribution in [2.45, 2.75) is 12.6 Å². The van der Waals surface area contributed by atoms with E-state index in [4.69, 9.17) is 0 Å². The molecule has 0 saturated carbocycles. The zero-order valence-corrected chi connectivity index (χ0v) is 15.2. The number of halogens is 1. The number of aromatic nitrogens is 4. The first-order valence-electron chi connectivity index (χ1n) is 8.84. The van der Waals surface area contributed by atoms with Crippen LogP contribution >= 0.6 is 0 Å². The molecule has 0 radical (unpaired) electrons. The van der Waals surface area contributed by atoms with Crippen LogP contribution in [0.1, 0.15) is 17.4 Å². The van der Waals surface area contributed by atoms with E-state index in [2.05, 4.69) is 30.8 Å². The molecule has 0 spiro atoms. The lowest BCUT2D eigenvalue weighted by Crippen LogP contribution is -2.31. The van der Waals surface area contributed by atoms with Crippen LogP contribution in [0, 0.1) is 11.7 Å². The fourth-order valence-corrected chi connectivity index (χ4v) is 3.60. The van der Waals surface area contributed by atoms with Crippen LogP contribution in [0.4, 0.5) is 4.39 Å². The van der Waals surface area contributed by atoms with E-state index < -0.39 is 0 Å². The van der Waals surface area contributed by atoms with Crippen LogP contribution < -0.4 is 16.4 Å². The zero-order valence-electron chi connectivity index (χ0n) is 15.2. The van der Waals surface area contributed by atoms with Crippen molar-refractivity contribution in [2.75, 3.05) is 20.1 Å². The van der Waals surface area contributed by atoms with E-state index in [-0.39, 0.29) is 17.4 Å². The van der Waals surface area contributed by atoms with Crippen LogP contribution in [0.5, 0.6) is 0 Å². The van der Waals surface area contributed by atoms with Gasteiger partial charge in [0.25, 0.3) is 5.56 Å². The molecule has 1 aromatic carbocycles. The van der Waals surface area contributed by atoms with Gasteiger partial charge in [-0.3, -0.25) is 19.8 Å². The molecule has 2 unspecified atom stereocenters. The molecule has 27 heavy (non-hydrogen) atoms. The van der Waals surface area contributed by atoms with Gasteiger partial charge in [0.1, 0.15) is 17.0 Å². The molecule has 3 N–H and O–H groups in total. The number of aromatic amines is 1. The number of rotatable bonds is 5. The third-order valence-electron chi connectivity index (χ3n) is 4.94. The molecule has 0 aliphatic carbocycles. The largest absolute Gasteiger partial charge is 0.309 e. The van der Waals surface area contributed by atoms with E-state index in [9.17, 15) is 9.18 Å². The second-order valence-electron chi connectivity index (χ2n) is 7.03. The number of benzene rings is 1. The van der Waals surface area contributed by atoms with Gasteiger partial charge >= 0.3 is 0 Å². The van der Waals surface area contributed by atoms with Gasteiger partial charge in [-0.25, -0.2) is 14.8 Å². The Kier molecular flexibility index (Phi) is 4.73. The van der Waals surface area contributed by atoms with E-state index in [0.29, 0.717) is 29.3 Å². The number of H-pyrrole nitrogens is 1. The monoisotopic (exact) mass is 371 g/mol. The Morgan fingerprint density at radius 2 is 2.11 bits per heavy atom. The lowest BCUT2D eigenvalue weighted by atomic mass is 9.94. The lowest BCUT2D eigenvalue weighted by molar-refractivity contribution is 0.257. The van der Waals surface area contributed by atoms with Gasteiger partial charge in [-0.05, 0) is 24.7 Å². The molecule has 1 fully saturated rings. The molecule has 1 aliphatic heterocycles. The van der Waals surface area contributed by atoms with Crippen LogP contribution in [-0.2, 0) is 13.6 Å². The predicted octanol–water partition coefficient (Wildman–Crippen LogP) is 0.693. The van der Waals surface area contributed by atoms with Gasteiger partial charge in [0.15, 0.2) is 5.65 Å². The van der Waals surface area contributed by atoms with E-state index in [0.717, 1.165) is 18.7 Å². The average Bonchev–Trinajstić information content (AvgIpc) is 3.23. The van der Waals surface area contributed by atoms with Gasteiger partial charge in [0.05, 0.1) is 18.8 Å². The Labute approximate surface area is 155 Å². The summed E-state index contributed by atoms with van der Waals surface area (Å²) in [6.45, 7) is 2.11. The first-order valence-corrected chi connectivity index (χ1v) is 8.84. The third-order valence-corrected chi connectivity index (χ3v) is 4.94. The summed E-state index contributed by atoms with van der Waals surface area (Å²) in [5, 5.41) is 4.58. The fraction of sp³-hybridized carbons (Fsp3) is 0.389. The number of nitrogens with zero attached hydrogens (tertiary/aromatic N) is 4. The lowest BCUT2D eigenvalue weighted by Gasteiger charge is -2.24. The third kappa shape index (κ3) is 3.61. The van der Waals surface area contributed by atoms with Crippen molar-refractivity contribution < 1.29 is 4.39 Å². The summed E-state index contributed by atoms with van der Waals surface area (Å²) >= 11 is 0. The van der Waals surface area contributed by atoms with Crippen molar-refractivity contribution in [1.29, 1.82) is 0 Å². The summed E-state index contributed by atoms with van der Waals surface area (Å²) in [6, 6.07) is 6.67. The maximum Gasteiger partial charge on any atom is 0.262 e. The number of fused-ring (bicyclic) bond motifs is 1. The Morgan fingerprint density at radius 3 is 2.89 bits per heavy atom. The van der Waals surface area contributed by atoms with Gasteiger partial charge < -0.3 is 4.98 Å². The summed E-state index contributed by atoms with van der Waals surface area (Å²) in [7, 11) is 3.76. The second-order valence-corrected chi connectivity index (χ2v) is 7.03. The highest BCUT2D eigenvalue weighted by molar-refractivity contribution is 5.72. The molecule has 8 nitrogen and oxygen atoms in total. The molecule has 142 valence electrons.